The van der Waals surface area contributed by atoms with Gasteiger partial charge in [0.2, 0.25) is 0 Å². The Bertz CT molecular complexity index is 422. The minimum Gasteiger partial charge on any atom is -0.404 e. The standard InChI is InChI=1S/C8H4F4N2O/c9-5-1-4(3-13)7(2-6(5)14)15-8(10,11)12/h1-2H,14H2. The predicted molar refractivity (Wildman–Crippen MR) is 42.2 cm³/mol. The molecule has 80 valence electrons. The number of alkyl halides is 3. The SMILES string of the molecule is N#Cc1cc(F)c(N)cc1OC(F)(F)F. The molecule has 0 saturated heterocycles. The summed E-state index contributed by atoms with van der Waals surface area (Å²) in [6.45, 7) is 0. The highest BCUT2D eigenvalue weighted by atomic mass is 19.4. The number of benzene rings is 1. The van der Waals surface area contributed by atoms with Crippen LogP contribution in [0.4, 0.5) is 23.2 Å². The molecule has 0 heterocycles. The number of ether oxygens (including phenoxy) is 1. The minimum absolute atomic E-state index is 0.520. The second-order valence-electron chi connectivity index (χ2n) is 2.53. The second-order valence-corrected chi connectivity index (χ2v) is 2.53. The first-order valence-electron chi connectivity index (χ1n) is 3.58. The highest BCUT2D eigenvalue weighted by Gasteiger charge is 2.32. The smallest absolute Gasteiger partial charge is 0.404 e. The molecule has 0 unspecified atom stereocenters. The Labute approximate surface area is 81.7 Å². The third-order valence-corrected chi connectivity index (χ3v) is 1.45. The lowest BCUT2D eigenvalue weighted by Crippen LogP contribution is -2.18. The molecule has 1 rings (SSSR count). The maximum Gasteiger partial charge on any atom is 0.573 e. The van der Waals surface area contributed by atoms with Crippen LogP contribution in [0.2, 0.25) is 0 Å². The zero-order valence-corrected chi connectivity index (χ0v) is 7.10. The van der Waals surface area contributed by atoms with Crippen molar-refractivity contribution in [2.24, 2.45) is 0 Å². The van der Waals surface area contributed by atoms with Crippen molar-refractivity contribution in [3.05, 3.63) is 23.5 Å². The lowest BCUT2D eigenvalue weighted by molar-refractivity contribution is -0.274. The number of hydrogen-bond acceptors (Lipinski definition) is 3. The van der Waals surface area contributed by atoms with Crippen LogP contribution in [0.3, 0.4) is 0 Å². The van der Waals surface area contributed by atoms with E-state index < -0.39 is 29.2 Å². The molecule has 0 aliphatic heterocycles. The quantitative estimate of drug-likeness (QED) is 0.582. The van der Waals surface area contributed by atoms with Crippen molar-refractivity contribution < 1.29 is 22.3 Å². The van der Waals surface area contributed by atoms with E-state index >= 15 is 0 Å². The van der Waals surface area contributed by atoms with E-state index in [1.807, 2.05) is 0 Å². The van der Waals surface area contributed by atoms with Crippen molar-refractivity contribution in [1.82, 2.24) is 0 Å². The van der Waals surface area contributed by atoms with Crippen LogP contribution in [0.15, 0.2) is 12.1 Å². The summed E-state index contributed by atoms with van der Waals surface area (Å²) in [5.41, 5.74) is 3.94. The van der Waals surface area contributed by atoms with Crippen LogP contribution in [-0.2, 0) is 0 Å². The van der Waals surface area contributed by atoms with Crippen LogP contribution in [0, 0.1) is 17.1 Å². The average Bonchev–Trinajstić information content (AvgIpc) is 2.08. The van der Waals surface area contributed by atoms with Crippen LogP contribution in [0.25, 0.3) is 0 Å². The van der Waals surface area contributed by atoms with Crippen LogP contribution >= 0.6 is 0 Å². The molecule has 0 amide bonds. The molecule has 0 aromatic heterocycles. The Balaban J connectivity index is 3.18. The second kappa shape index (κ2) is 3.65. The van der Waals surface area contributed by atoms with E-state index in [0.29, 0.717) is 12.1 Å². The van der Waals surface area contributed by atoms with E-state index in [4.69, 9.17) is 11.0 Å². The zero-order chi connectivity index (χ0) is 11.6. The van der Waals surface area contributed by atoms with Crippen molar-refractivity contribution in [2.45, 2.75) is 6.36 Å². The van der Waals surface area contributed by atoms with E-state index in [2.05, 4.69) is 4.74 Å². The molecule has 0 spiro atoms. The van der Waals surface area contributed by atoms with Crippen LogP contribution in [0.1, 0.15) is 5.56 Å². The van der Waals surface area contributed by atoms with Crippen LogP contribution in [0.5, 0.6) is 5.75 Å². The van der Waals surface area contributed by atoms with Gasteiger partial charge in [0, 0.05) is 6.07 Å². The molecule has 0 bridgehead atoms. The van der Waals surface area contributed by atoms with E-state index in [1.54, 1.807) is 0 Å². The molecular weight excluding hydrogens is 216 g/mol. The Hall–Kier alpha value is -1.97. The lowest BCUT2D eigenvalue weighted by atomic mass is 10.2. The summed E-state index contributed by atoms with van der Waals surface area (Å²) in [6.07, 6.45) is -4.95. The first-order valence-corrected chi connectivity index (χ1v) is 3.58. The van der Waals surface area contributed by atoms with Crippen molar-refractivity contribution in [3.63, 3.8) is 0 Å². The highest BCUT2D eigenvalue weighted by molar-refractivity contribution is 5.54. The number of hydrogen-bond donors (Lipinski definition) is 1. The number of nitrogens with two attached hydrogens (primary N) is 1. The molecule has 0 fully saturated rings. The van der Waals surface area contributed by atoms with Gasteiger partial charge in [-0.15, -0.1) is 13.2 Å². The normalized spacial score (nSPS) is 10.9. The van der Waals surface area contributed by atoms with Gasteiger partial charge in [-0.25, -0.2) is 4.39 Å². The summed E-state index contributed by atoms with van der Waals surface area (Å²) in [5.74, 6) is -1.79. The molecule has 3 nitrogen and oxygen atoms in total. The van der Waals surface area contributed by atoms with E-state index in [9.17, 15) is 17.6 Å². The van der Waals surface area contributed by atoms with Gasteiger partial charge >= 0.3 is 6.36 Å². The van der Waals surface area contributed by atoms with Gasteiger partial charge in [-0.1, -0.05) is 0 Å². The third kappa shape index (κ3) is 2.74. The summed E-state index contributed by atoms with van der Waals surface area (Å²) in [7, 11) is 0. The van der Waals surface area contributed by atoms with Gasteiger partial charge in [-0.05, 0) is 6.07 Å². The minimum atomic E-state index is -4.95. The molecule has 0 radical (unpaired) electrons. The molecular formula is C8H4F4N2O. The van der Waals surface area contributed by atoms with Crippen LogP contribution in [-0.4, -0.2) is 6.36 Å². The fraction of sp³-hybridized carbons (Fsp3) is 0.125. The summed E-state index contributed by atoms with van der Waals surface area (Å²) in [4.78, 5) is 0. The summed E-state index contributed by atoms with van der Waals surface area (Å²) < 4.78 is 51.7. The molecule has 7 heteroatoms. The summed E-state index contributed by atoms with van der Waals surface area (Å²) in [6, 6.07) is 2.56. The molecule has 15 heavy (non-hydrogen) atoms. The van der Waals surface area contributed by atoms with Crippen molar-refractivity contribution >= 4 is 5.69 Å². The number of nitrogen functional groups attached to an aromatic ring is 1. The van der Waals surface area contributed by atoms with Gasteiger partial charge in [0.25, 0.3) is 0 Å². The number of nitrogens with zero attached hydrogens (tertiary/aromatic N) is 1. The zero-order valence-electron chi connectivity index (χ0n) is 7.10. The largest absolute Gasteiger partial charge is 0.573 e. The van der Waals surface area contributed by atoms with Crippen molar-refractivity contribution in [1.29, 1.82) is 5.26 Å². The number of nitriles is 1. The molecule has 1 aromatic carbocycles. The van der Waals surface area contributed by atoms with E-state index in [0.717, 1.165) is 0 Å². The molecule has 2 N–H and O–H groups in total. The maximum absolute atomic E-state index is 12.8. The van der Waals surface area contributed by atoms with Crippen LogP contribution < -0.4 is 10.5 Å². The van der Waals surface area contributed by atoms with E-state index in [-0.39, 0.29) is 0 Å². The molecule has 0 atom stereocenters. The first kappa shape index (κ1) is 11.1. The van der Waals surface area contributed by atoms with Crippen molar-refractivity contribution in [3.8, 4) is 11.8 Å². The number of halogens is 4. The fourth-order valence-corrected chi connectivity index (χ4v) is 0.866. The molecule has 0 saturated carbocycles. The monoisotopic (exact) mass is 220 g/mol. The van der Waals surface area contributed by atoms with Gasteiger partial charge in [0.1, 0.15) is 17.6 Å². The maximum atomic E-state index is 12.8. The Morgan fingerprint density at radius 3 is 2.40 bits per heavy atom. The summed E-state index contributed by atoms with van der Waals surface area (Å²) in [5, 5.41) is 8.43. The Morgan fingerprint density at radius 1 is 1.33 bits per heavy atom. The Kier molecular flexibility index (Phi) is 2.70. The van der Waals surface area contributed by atoms with Gasteiger partial charge in [-0.2, -0.15) is 5.26 Å². The molecule has 0 aliphatic rings. The van der Waals surface area contributed by atoms with Gasteiger partial charge in [0.05, 0.1) is 11.3 Å². The molecule has 0 aliphatic carbocycles. The van der Waals surface area contributed by atoms with Gasteiger partial charge in [-0.3, -0.25) is 0 Å². The van der Waals surface area contributed by atoms with E-state index in [1.165, 1.54) is 6.07 Å². The Morgan fingerprint density at radius 2 is 1.93 bits per heavy atom. The average molecular weight is 220 g/mol. The highest BCUT2D eigenvalue weighted by Crippen LogP contribution is 2.29. The number of rotatable bonds is 1. The number of anilines is 1. The van der Waals surface area contributed by atoms with Gasteiger partial charge < -0.3 is 10.5 Å². The molecule has 1 aromatic rings. The fourth-order valence-electron chi connectivity index (χ4n) is 0.866. The van der Waals surface area contributed by atoms with Gasteiger partial charge in [0.15, 0.2) is 0 Å². The lowest BCUT2D eigenvalue weighted by Gasteiger charge is -2.10. The van der Waals surface area contributed by atoms with Crippen molar-refractivity contribution in [2.75, 3.05) is 5.73 Å². The topological polar surface area (TPSA) is 59.0 Å². The first-order chi connectivity index (χ1) is 6.83. The third-order valence-electron chi connectivity index (χ3n) is 1.45. The predicted octanol–water partition coefficient (Wildman–Crippen LogP) is 2.18. The summed E-state index contributed by atoms with van der Waals surface area (Å²) >= 11 is 0.